The molecule has 1 aromatic carbocycles. The van der Waals surface area contributed by atoms with E-state index in [4.69, 9.17) is 14.2 Å². The van der Waals surface area contributed by atoms with E-state index in [-0.39, 0.29) is 40.3 Å². The predicted molar refractivity (Wildman–Crippen MR) is 138 cm³/mol. The summed E-state index contributed by atoms with van der Waals surface area (Å²) < 4.78 is 17.7. The molecule has 0 aliphatic carbocycles. The first-order valence-electron chi connectivity index (χ1n) is 11.3. The minimum Gasteiger partial charge on any atom is -0.493 e. The number of nitrogens with zero attached hydrogens (tertiary/aromatic N) is 3. The van der Waals surface area contributed by atoms with Gasteiger partial charge in [-0.1, -0.05) is 23.9 Å². The summed E-state index contributed by atoms with van der Waals surface area (Å²) in [5.74, 6) is -0.231. The van der Waals surface area contributed by atoms with Gasteiger partial charge in [0.1, 0.15) is 15.6 Å². The fraction of sp³-hybridized carbons (Fsp3) is 0.375. The molecule has 192 valence electrons. The molecule has 0 aliphatic heterocycles. The maximum absolute atomic E-state index is 12.8. The highest BCUT2D eigenvalue weighted by Gasteiger charge is 2.27. The third-order valence-electron chi connectivity index (χ3n) is 4.94. The quantitative estimate of drug-likeness (QED) is 0.284. The van der Waals surface area contributed by atoms with E-state index in [1.807, 2.05) is 38.2 Å². The molecule has 3 aromatic rings. The van der Waals surface area contributed by atoms with Gasteiger partial charge in [0.25, 0.3) is 0 Å². The highest BCUT2D eigenvalue weighted by molar-refractivity contribution is 7.99. The maximum atomic E-state index is 12.8. The number of anilines is 1. The standard InChI is InChI=1S/C24H28N4O6S2/c1-6-32-16-12-10-9-11-15(16)20-26-27-24(28(20)5)35-13-17(29)25-21-18(22(30)33-7-2)14(4)19(36-21)23(31)34-8-3/h9-12H,6-8,13H2,1-5H3,(H,25,29). The minimum absolute atomic E-state index is 0.00698. The number of aromatic nitrogens is 3. The number of ether oxygens (including phenoxy) is 3. The van der Waals surface area contributed by atoms with E-state index in [2.05, 4.69) is 15.5 Å². The largest absolute Gasteiger partial charge is 0.493 e. The summed E-state index contributed by atoms with van der Waals surface area (Å²) in [4.78, 5) is 37.9. The number of benzene rings is 1. The Morgan fingerprint density at radius 2 is 1.72 bits per heavy atom. The number of amides is 1. The van der Waals surface area contributed by atoms with Gasteiger partial charge in [0.15, 0.2) is 11.0 Å². The van der Waals surface area contributed by atoms with E-state index in [9.17, 15) is 14.4 Å². The molecule has 0 fully saturated rings. The zero-order valence-corrected chi connectivity index (χ0v) is 22.4. The second-order valence-corrected chi connectivity index (χ2v) is 9.30. The average Bonchev–Trinajstić information content (AvgIpc) is 3.37. The molecular formula is C24H28N4O6S2. The summed E-state index contributed by atoms with van der Waals surface area (Å²) in [6.45, 7) is 7.78. The van der Waals surface area contributed by atoms with E-state index in [1.165, 1.54) is 11.8 Å². The van der Waals surface area contributed by atoms with Gasteiger partial charge in [-0.2, -0.15) is 0 Å². The van der Waals surface area contributed by atoms with Crippen LogP contribution in [-0.2, 0) is 21.3 Å². The molecule has 0 spiro atoms. The predicted octanol–water partition coefficient (Wildman–Crippen LogP) is 4.33. The first-order chi connectivity index (χ1) is 17.3. The van der Waals surface area contributed by atoms with Crippen molar-refractivity contribution in [3.63, 3.8) is 0 Å². The van der Waals surface area contributed by atoms with Crippen LogP contribution in [0.2, 0.25) is 0 Å². The van der Waals surface area contributed by atoms with Gasteiger partial charge in [0, 0.05) is 7.05 Å². The molecule has 0 bridgehead atoms. The Kier molecular flexibility index (Phi) is 9.48. The molecule has 36 heavy (non-hydrogen) atoms. The summed E-state index contributed by atoms with van der Waals surface area (Å²) in [5.41, 5.74) is 1.35. The molecule has 0 atom stereocenters. The van der Waals surface area contributed by atoms with Crippen molar-refractivity contribution in [2.75, 3.05) is 30.9 Å². The van der Waals surface area contributed by atoms with Crippen molar-refractivity contribution in [3.05, 3.63) is 40.3 Å². The molecular weight excluding hydrogens is 504 g/mol. The summed E-state index contributed by atoms with van der Waals surface area (Å²) in [6, 6.07) is 7.53. The Labute approximate surface area is 217 Å². The first-order valence-corrected chi connectivity index (χ1v) is 13.1. The van der Waals surface area contributed by atoms with Gasteiger partial charge >= 0.3 is 11.9 Å². The van der Waals surface area contributed by atoms with Gasteiger partial charge in [0.2, 0.25) is 5.91 Å². The molecule has 0 saturated heterocycles. The van der Waals surface area contributed by atoms with Crippen molar-refractivity contribution >= 4 is 45.9 Å². The number of hydrogen-bond donors (Lipinski definition) is 1. The van der Waals surface area contributed by atoms with Crippen LogP contribution in [-0.4, -0.2) is 58.2 Å². The molecule has 1 N–H and O–H groups in total. The van der Waals surface area contributed by atoms with Crippen LogP contribution < -0.4 is 10.1 Å². The van der Waals surface area contributed by atoms with Gasteiger partial charge in [-0.15, -0.1) is 21.5 Å². The summed E-state index contributed by atoms with van der Waals surface area (Å²) >= 11 is 2.18. The number of thiophene rings is 1. The Bertz CT molecular complexity index is 1250. The average molecular weight is 533 g/mol. The van der Waals surface area contributed by atoms with Crippen LogP contribution in [0.25, 0.3) is 11.4 Å². The monoisotopic (exact) mass is 532 g/mol. The zero-order chi connectivity index (χ0) is 26.2. The molecule has 0 radical (unpaired) electrons. The molecule has 0 unspecified atom stereocenters. The van der Waals surface area contributed by atoms with Crippen LogP contribution in [0.3, 0.4) is 0 Å². The van der Waals surface area contributed by atoms with Crippen LogP contribution in [0, 0.1) is 6.92 Å². The number of esters is 2. The number of carbonyl (C=O) groups excluding carboxylic acids is 3. The molecule has 2 heterocycles. The summed E-state index contributed by atoms with van der Waals surface area (Å²) in [5, 5.41) is 12.0. The topological polar surface area (TPSA) is 122 Å². The second-order valence-electron chi connectivity index (χ2n) is 7.33. The Morgan fingerprint density at radius 1 is 1.03 bits per heavy atom. The Balaban J connectivity index is 1.76. The van der Waals surface area contributed by atoms with E-state index < -0.39 is 11.9 Å². The molecule has 3 rings (SSSR count). The van der Waals surface area contributed by atoms with E-state index in [0.29, 0.717) is 28.9 Å². The SMILES string of the molecule is CCOC(=O)c1sc(NC(=O)CSc2nnc(-c3ccccc3OCC)n2C)c(C(=O)OCC)c1C. The van der Waals surface area contributed by atoms with Crippen molar-refractivity contribution < 1.29 is 28.6 Å². The van der Waals surface area contributed by atoms with Crippen LogP contribution in [0.5, 0.6) is 5.75 Å². The normalized spacial score (nSPS) is 10.7. The molecule has 12 heteroatoms. The molecule has 0 aliphatic rings. The van der Waals surface area contributed by atoms with Gasteiger partial charge in [-0.05, 0) is 45.4 Å². The summed E-state index contributed by atoms with van der Waals surface area (Å²) in [7, 11) is 1.81. The fourth-order valence-electron chi connectivity index (χ4n) is 3.34. The minimum atomic E-state index is -0.615. The van der Waals surface area contributed by atoms with Crippen LogP contribution in [0.4, 0.5) is 5.00 Å². The smallest absolute Gasteiger partial charge is 0.348 e. The lowest BCUT2D eigenvalue weighted by atomic mass is 10.1. The third kappa shape index (κ3) is 6.05. The fourth-order valence-corrected chi connectivity index (χ4v) is 5.16. The number of hydrogen-bond acceptors (Lipinski definition) is 10. The van der Waals surface area contributed by atoms with E-state index in [0.717, 1.165) is 16.9 Å². The molecule has 0 saturated carbocycles. The highest BCUT2D eigenvalue weighted by Crippen LogP contribution is 2.35. The van der Waals surface area contributed by atoms with Crippen LogP contribution in [0.1, 0.15) is 46.4 Å². The number of nitrogens with one attached hydrogen (secondary N) is 1. The summed E-state index contributed by atoms with van der Waals surface area (Å²) in [6.07, 6.45) is 0. The molecule has 2 aromatic heterocycles. The van der Waals surface area contributed by atoms with Crippen molar-refractivity contribution in [2.24, 2.45) is 7.05 Å². The molecule has 10 nitrogen and oxygen atoms in total. The zero-order valence-electron chi connectivity index (χ0n) is 20.7. The lowest BCUT2D eigenvalue weighted by molar-refractivity contribution is -0.113. The van der Waals surface area contributed by atoms with Crippen LogP contribution in [0.15, 0.2) is 29.4 Å². The first kappa shape index (κ1) is 27.2. The Hall–Kier alpha value is -3.38. The number of carbonyl (C=O) groups is 3. The lowest BCUT2D eigenvalue weighted by Crippen LogP contribution is -2.16. The third-order valence-corrected chi connectivity index (χ3v) is 7.14. The van der Waals surface area contributed by atoms with Crippen molar-refractivity contribution in [2.45, 2.75) is 32.9 Å². The number of rotatable bonds is 11. The number of thioether (sulfide) groups is 1. The van der Waals surface area contributed by atoms with E-state index in [1.54, 1.807) is 25.3 Å². The Morgan fingerprint density at radius 3 is 2.42 bits per heavy atom. The van der Waals surface area contributed by atoms with Crippen LogP contribution >= 0.6 is 23.1 Å². The van der Waals surface area contributed by atoms with Gasteiger partial charge in [-0.3, -0.25) is 4.79 Å². The lowest BCUT2D eigenvalue weighted by Gasteiger charge is -2.10. The van der Waals surface area contributed by atoms with Gasteiger partial charge in [0.05, 0.1) is 36.7 Å². The van der Waals surface area contributed by atoms with Gasteiger partial charge < -0.3 is 24.1 Å². The van der Waals surface area contributed by atoms with Crippen molar-refractivity contribution in [3.8, 4) is 17.1 Å². The van der Waals surface area contributed by atoms with Gasteiger partial charge in [-0.25, -0.2) is 9.59 Å². The highest BCUT2D eigenvalue weighted by atomic mass is 32.2. The maximum Gasteiger partial charge on any atom is 0.348 e. The second kappa shape index (κ2) is 12.5. The van der Waals surface area contributed by atoms with Crippen molar-refractivity contribution in [1.82, 2.24) is 14.8 Å². The van der Waals surface area contributed by atoms with Crippen molar-refractivity contribution in [1.29, 1.82) is 0 Å². The van der Waals surface area contributed by atoms with E-state index >= 15 is 0 Å². The molecule has 1 amide bonds. The number of para-hydroxylation sites is 1.